The largest absolute Gasteiger partial charge is 0.327 e. The molecule has 1 aromatic carbocycles. The Balaban J connectivity index is 2.64. The molecule has 7 nitrogen and oxygen atoms in total. The number of benzene rings is 1. The van der Waals surface area contributed by atoms with Crippen LogP contribution in [0.3, 0.4) is 0 Å². The summed E-state index contributed by atoms with van der Waals surface area (Å²) < 4.78 is 23.5. The van der Waals surface area contributed by atoms with Gasteiger partial charge in [-0.15, -0.1) is 5.10 Å². The molecule has 0 unspecified atom stereocenters. The Morgan fingerprint density at radius 3 is 2.33 bits per heavy atom. The number of halogens is 1. The van der Waals surface area contributed by atoms with Crippen LogP contribution in [0.2, 0.25) is 0 Å². The second-order valence-electron chi connectivity index (χ2n) is 3.29. The molecule has 0 N–H and O–H groups in total. The molecule has 0 bridgehead atoms. The van der Waals surface area contributed by atoms with E-state index in [1.807, 2.05) is 0 Å². The molecule has 0 aliphatic carbocycles. The molecule has 0 saturated carbocycles. The summed E-state index contributed by atoms with van der Waals surface area (Å²) in [7, 11) is 0.833. The summed E-state index contributed by atoms with van der Waals surface area (Å²) in [5.74, 6) is 0. The molecule has 94 valence electrons. The molecular weight excluding hydrogens is 282 g/mol. The van der Waals surface area contributed by atoms with Crippen LogP contribution in [-0.4, -0.2) is 23.1 Å². The van der Waals surface area contributed by atoms with Crippen LogP contribution in [0, 0.1) is 10.1 Å². The summed E-state index contributed by atoms with van der Waals surface area (Å²) in [6, 6.07) is 8.39. The average molecular weight is 288 g/mol. The van der Waals surface area contributed by atoms with E-state index < -0.39 is 24.7 Å². The van der Waals surface area contributed by atoms with E-state index in [1.54, 1.807) is 30.3 Å². The zero-order valence-electron chi connectivity index (χ0n) is 8.72. The van der Waals surface area contributed by atoms with E-state index in [9.17, 15) is 18.5 Å². The first-order valence-electron chi connectivity index (χ1n) is 4.64. The molecule has 0 aliphatic rings. The van der Waals surface area contributed by atoms with Gasteiger partial charge in [-0.1, -0.05) is 18.2 Å². The number of nitro groups is 1. The van der Waals surface area contributed by atoms with Crippen LogP contribution in [0.4, 0.5) is 5.69 Å². The van der Waals surface area contributed by atoms with Crippen molar-refractivity contribution >= 4 is 25.4 Å². The van der Waals surface area contributed by atoms with Gasteiger partial charge in [0.05, 0.1) is 10.6 Å². The Morgan fingerprint density at radius 2 is 1.89 bits per heavy atom. The van der Waals surface area contributed by atoms with Crippen molar-refractivity contribution in [2.45, 2.75) is 5.03 Å². The van der Waals surface area contributed by atoms with E-state index >= 15 is 0 Å². The Hall–Kier alpha value is -1.93. The van der Waals surface area contributed by atoms with Crippen LogP contribution >= 0.6 is 10.7 Å². The van der Waals surface area contributed by atoms with Gasteiger partial charge in [0.25, 0.3) is 14.1 Å². The van der Waals surface area contributed by atoms with Gasteiger partial charge < -0.3 is 0 Å². The van der Waals surface area contributed by atoms with Crippen LogP contribution in [0.15, 0.2) is 41.6 Å². The molecule has 2 aromatic rings. The normalized spacial score (nSPS) is 11.4. The topological polar surface area (TPSA) is 95.1 Å². The molecule has 0 atom stereocenters. The zero-order valence-corrected chi connectivity index (χ0v) is 10.3. The maximum absolute atomic E-state index is 11.2. The standard InChI is InChI=1S/C9H6ClN3O4S/c10-18(16,17)9-8(13(14)15)6-12(11-9)7-4-2-1-3-5-7/h1-6H. The van der Waals surface area contributed by atoms with Crippen molar-refractivity contribution in [1.29, 1.82) is 0 Å². The predicted octanol–water partition coefficient (Wildman–Crippen LogP) is 1.71. The minimum Gasteiger partial charge on any atom is -0.258 e. The molecule has 0 aliphatic heterocycles. The Labute approximate surface area is 106 Å². The van der Waals surface area contributed by atoms with Gasteiger partial charge in [-0.05, 0) is 12.1 Å². The van der Waals surface area contributed by atoms with Crippen LogP contribution in [0.25, 0.3) is 5.69 Å². The first kappa shape index (κ1) is 12.5. The van der Waals surface area contributed by atoms with Gasteiger partial charge in [0.1, 0.15) is 6.20 Å². The summed E-state index contributed by atoms with van der Waals surface area (Å²) in [5, 5.41) is 13.6. The smallest absolute Gasteiger partial charge is 0.258 e. The Kier molecular flexibility index (Phi) is 3.05. The molecular formula is C9H6ClN3O4S. The molecule has 0 fully saturated rings. The van der Waals surface area contributed by atoms with E-state index in [1.165, 1.54) is 0 Å². The third-order valence-corrected chi connectivity index (χ3v) is 3.30. The number of nitrogens with zero attached hydrogens (tertiary/aromatic N) is 3. The Morgan fingerprint density at radius 1 is 1.28 bits per heavy atom. The minimum atomic E-state index is -4.27. The fraction of sp³-hybridized carbons (Fsp3) is 0. The second-order valence-corrected chi connectivity index (χ2v) is 5.78. The zero-order chi connectivity index (χ0) is 13.3. The summed E-state index contributed by atoms with van der Waals surface area (Å²) in [4.78, 5) is 9.90. The third-order valence-electron chi connectivity index (χ3n) is 2.11. The summed E-state index contributed by atoms with van der Waals surface area (Å²) in [6.07, 6.45) is 1.00. The molecule has 0 radical (unpaired) electrons. The van der Waals surface area contributed by atoms with Crippen molar-refractivity contribution in [3.63, 3.8) is 0 Å². The monoisotopic (exact) mass is 287 g/mol. The fourth-order valence-corrected chi connectivity index (χ4v) is 2.25. The van der Waals surface area contributed by atoms with Gasteiger partial charge in [0, 0.05) is 10.7 Å². The molecule has 18 heavy (non-hydrogen) atoms. The highest BCUT2D eigenvalue weighted by atomic mass is 35.7. The highest BCUT2D eigenvalue weighted by Gasteiger charge is 2.29. The number of para-hydroxylation sites is 1. The van der Waals surface area contributed by atoms with Crippen LogP contribution in [0.1, 0.15) is 0 Å². The van der Waals surface area contributed by atoms with Crippen molar-refractivity contribution in [3.05, 3.63) is 46.6 Å². The minimum absolute atomic E-state index is 0.493. The first-order valence-corrected chi connectivity index (χ1v) is 6.94. The summed E-state index contributed by atoms with van der Waals surface area (Å²) >= 11 is 0. The van der Waals surface area contributed by atoms with E-state index in [2.05, 4.69) is 5.10 Å². The number of aromatic nitrogens is 2. The van der Waals surface area contributed by atoms with Crippen molar-refractivity contribution in [2.24, 2.45) is 0 Å². The lowest BCUT2D eigenvalue weighted by atomic mass is 10.3. The lowest BCUT2D eigenvalue weighted by molar-refractivity contribution is -0.387. The molecule has 1 heterocycles. The van der Waals surface area contributed by atoms with Gasteiger partial charge in [-0.3, -0.25) is 10.1 Å². The molecule has 2 rings (SSSR count). The van der Waals surface area contributed by atoms with Crippen molar-refractivity contribution in [2.75, 3.05) is 0 Å². The van der Waals surface area contributed by atoms with Gasteiger partial charge in [0.2, 0.25) is 0 Å². The Bertz CT molecular complexity index is 696. The maximum atomic E-state index is 11.2. The predicted molar refractivity (Wildman–Crippen MR) is 63.3 cm³/mol. The number of rotatable bonds is 3. The molecule has 0 spiro atoms. The van der Waals surface area contributed by atoms with Crippen molar-refractivity contribution in [1.82, 2.24) is 9.78 Å². The molecule has 0 saturated heterocycles. The van der Waals surface area contributed by atoms with Crippen LogP contribution in [-0.2, 0) is 9.05 Å². The number of hydrogen-bond donors (Lipinski definition) is 0. The van der Waals surface area contributed by atoms with Crippen LogP contribution in [0.5, 0.6) is 0 Å². The quantitative estimate of drug-likeness (QED) is 0.486. The van der Waals surface area contributed by atoms with Crippen molar-refractivity contribution in [3.8, 4) is 5.69 Å². The van der Waals surface area contributed by atoms with Gasteiger partial charge in [-0.25, -0.2) is 13.1 Å². The summed E-state index contributed by atoms with van der Waals surface area (Å²) in [5.41, 5.74) is -0.166. The second kappa shape index (κ2) is 4.39. The highest BCUT2D eigenvalue weighted by Crippen LogP contribution is 2.26. The van der Waals surface area contributed by atoms with Crippen LogP contribution < -0.4 is 0 Å². The first-order chi connectivity index (χ1) is 8.39. The highest BCUT2D eigenvalue weighted by molar-refractivity contribution is 8.13. The van der Waals surface area contributed by atoms with E-state index in [0.29, 0.717) is 5.69 Å². The van der Waals surface area contributed by atoms with Gasteiger partial charge in [-0.2, -0.15) is 0 Å². The third kappa shape index (κ3) is 2.34. The van der Waals surface area contributed by atoms with E-state index in [4.69, 9.17) is 10.7 Å². The molecule has 1 aromatic heterocycles. The lowest BCUT2D eigenvalue weighted by Crippen LogP contribution is -1.99. The SMILES string of the molecule is O=[N+]([O-])c1cn(-c2ccccc2)nc1S(=O)(=O)Cl. The van der Waals surface area contributed by atoms with E-state index in [-0.39, 0.29) is 0 Å². The maximum Gasteiger partial charge on any atom is 0.327 e. The van der Waals surface area contributed by atoms with Crippen molar-refractivity contribution < 1.29 is 13.3 Å². The lowest BCUT2D eigenvalue weighted by Gasteiger charge is -1.97. The van der Waals surface area contributed by atoms with E-state index in [0.717, 1.165) is 10.9 Å². The van der Waals surface area contributed by atoms with Gasteiger partial charge in [0.15, 0.2) is 0 Å². The molecule has 0 amide bonds. The average Bonchev–Trinajstić information content (AvgIpc) is 2.74. The number of hydrogen-bond acceptors (Lipinski definition) is 5. The fourth-order valence-electron chi connectivity index (χ4n) is 1.36. The summed E-state index contributed by atoms with van der Waals surface area (Å²) in [6.45, 7) is 0. The molecule has 9 heteroatoms. The van der Waals surface area contributed by atoms with Gasteiger partial charge >= 0.3 is 5.69 Å².